The van der Waals surface area contributed by atoms with Gasteiger partial charge in [-0.15, -0.1) is 0 Å². The molecule has 0 N–H and O–H groups in total. The van der Waals surface area contributed by atoms with Crippen LogP contribution in [0.15, 0.2) is 83.5 Å². The quantitative estimate of drug-likeness (QED) is 0.467. The number of hydrogen-bond acceptors (Lipinski definition) is 4. The predicted octanol–water partition coefficient (Wildman–Crippen LogP) is 5.73. The molecule has 0 aromatic heterocycles. The minimum Gasteiger partial charge on any atom is -0.493 e. The molecule has 1 heterocycles. The van der Waals surface area contributed by atoms with Gasteiger partial charge in [0.25, 0.3) is 5.91 Å². The van der Waals surface area contributed by atoms with E-state index >= 15 is 0 Å². The van der Waals surface area contributed by atoms with Crippen molar-refractivity contribution in [3.63, 3.8) is 0 Å². The van der Waals surface area contributed by atoms with Crippen LogP contribution in [0.4, 0.5) is 5.69 Å². The molecule has 0 unspecified atom stereocenters. The third kappa shape index (κ3) is 4.62. The lowest BCUT2D eigenvalue weighted by Crippen LogP contribution is -2.21. The molecule has 0 aliphatic carbocycles. The number of hydrazone groups is 1. The largest absolute Gasteiger partial charge is 0.493 e. The van der Waals surface area contributed by atoms with E-state index in [1.165, 1.54) is 5.01 Å². The van der Waals surface area contributed by atoms with Crippen molar-refractivity contribution in [1.82, 2.24) is 0 Å². The van der Waals surface area contributed by atoms with Crippen molar-refractivity contribution in [3.05, 3.63) is 94.5 Å². The van der Waals surface area contributed by atoms with E-state index in [9.17, 15) is 4.79 Å². The highest BCUT2D eigenvalue weighted by molar-refractivity contribution is 6.33. The number of carbonyl (C=O) groups is 1. The second kappa shape index (κ2) is 9.06. The predicted molar refractivity (Wildman–Crippen MR) is 124 cm³/mol. The van der Waals surface area contributed by atoms with Gasteiger partial charge >= 0.3 is 0 Å². The SMILES string of the molecule is COc1cc(/C=C2\C(=O)N(c3cccc(Cl)c3)N=C2C)ccc1OCc1ccccc1. The van der Waals surface area contributed by atoms with Gasteiger partial charge in [0.15, 0.2) is 11.5 Å². The van der Waals surface area contributed by atoms with Gasteiger partial charge < -0.3 is 9.47 Å². The number of methoxy groups -OCH3 is 1. The van der Waals surface area contributed by atoms with Gasteiger partial charge in [0.1, 0.15) is 6.61 Å². The summed E-state index contributed by atoms with van der Waals surface area (Å²) in [7, 11) is 1.59. The van der Waals surface area contributed by atoms with Gasteiger partial charge in [0.2, 0.25) is 0 Å². The molecule has 3 aromatic carbocycles. The zero-order chi connectivity index (χ0) is 21.8. The fourth-order valence-corrected chi connectivity index (χ4v) is 3.45. The standard InChI is InChI=1S/C25H21ClN2O3/c1-17-22(25(29)28(27-17)21-10-6-9-20(26)15-21)13-19-11-12-23(24(14-19)30-2)31-16-18-7-4-3-5-8-18/h3-15H,16H2,1-2H3/b22-13-. The maximum atomic E-state index is 13.0. The third-order valence-electron chi connectivity index (χ3n) is 4.85. The molecule has 0 saturated heterocycles. The Bertz CT molecular complexity index is 1170. The van der Waals surface area contributed by atoms with Gasteiger partial charge in [-0.1, -0.05) is 54.1 Å². The van der Waals surface area contributed by atoms with Crippen LogP contribution in [-0.2, 0) is 11.4 Å². The van der Waals surface area contributed by atoms with Crippen molar-refractivity contribution < 1.29 is 14.3 Å². The molecule has 1 amide bonds. The van der Waals surface area contributed by atoms with Gasteiger partial charge in [0, 0.05) is 5.02 Å². The third-order valence-corrected chi connectivity index (χ3v) is 5.09. The lowest BCUT2D eigenvalue weighted by molar-refractivity contribution is -0.114. The second-order valence-corrected chi connectivity index (χ2v) is 7.46. The van der Waals surface area contributed by atoms with Gasteiger partial charge in [-0.2, -0.15) is 10.1 Å². The van der Waals surface area contributed by atoms with Crippen LogP contribution < -0.4 is 14.5 Å². The normalized spacial score (nSPS) is 14.7. The van der Waals surface area contributed by atoms with Crippen LogP contribution >= 0.6 is 11.6 Å². The van der Waals surface area contributed by atoms with E-state index in [0.717, 1.165) is 11.1 Å². The van der Waals surface area contributed by atoms with Crippen molar-refractivity contribution in [2.45, 2.75) is 13.5 Å². The van der Waals surface area contributed by atoms with E-state index in [1.807, 2.05) is 55.5 Å². The highest BCUT2D eigenvalue weighted by Gasteiger charge is 2.28. The first-order valence-corrected chi connectivity index (χ1v) is 10.1. The Balaban J connectivity index is 1.55. The van der Waals surface area contributed by atoms with E-state index in [2.05, 4.69) is 5.10 Å². The summed E-state index contributed by atoms with van der Waals surface area (Å²) >= 11 is 6.06. The molecule has 0 fully saturated rings. The molecule has 6 heteroatoms. The number of anilines is 1. The highest BCUT2D eigenvalue weighted by atomic mass is 35.5. The van der Waals surface area contributed by atoms with Crippen LogP contribution in [0.5, 0.6) is 11.5 Å². The zero-order valence-corrected chi connectivity index (χ0v) is 18.0. The van der Waals surface area contributed by atoms with E-state index in [0.29, 0.717) is 40.1 Å². The fourth-order valence-electron chi connectivity index (χ4n) is 3.26. The Morgan fingerprint density at radius 1 is 1.00 bits per heavy atom. The lowest BCUT2D eigenvalue weighted by atomic mass is 10.1. The van der Waals surface area contributed by atoms with E-state index in [1.54, 1.807) is 37.5 Å². The zero-order valence-electron chi connectivity index (χ0n) is 17.2. The molecular formula is C25H21ClN2O3. The first-order chi connectivity index (χ1) is 15.0. The summed E-state index contributed by atoms with van der Waals surface area (Å²) < 4.78 is 11.4. The maximum Gasteiger partial charge on any atom is 0.280 e. The summed E-state index contributed by atoms with van der Waals surface area (Å²) in [6, 6.07) is 22.5. The molecule has 0 radical (unpaired) electrons. The Kier molecular flexibility index (Phi) is 6.05. The van der Waals surface area contributed by atoms with Gasteiger partial charge in [-0.05, 0) is 54.5 Å². The van der Waals surface area contributed by atoms with Gasteiger partial charge in [-0.25, -0.2) is 0 Å². The molecule has 5 nitrogen and oxygen atoms in total. The van der Waals surface area contributed by atoms with Crippen LogP contribution in [0.25, 0.3) is 6.08 Å². The van der Waals surface area contributed by atoms with E-state index < -0.39 is 0 Å². The summed E-state index contributed by atoms with van der Waals surface area (Å²) in [5, 5.41) is 6.31. The lowest BCUT2D eigenvalue weighted by Gasteiger charge is -2.12. The summed E-state index contributed by atoms with van der Waals surface area (Å²) in [4.78, 5) is 13.0. The molecule has 0 spiro atoms. The monoisotopic (exact) mass is 432 g/mol. The maximum absolute atomic E-state index is 13.0. The van der Waals surface area contributed by atoms with E-state index in [-0.39, 0.29) is 5.91 Å². The number of carbonyl (C=O) groups excluding carboxylic acids is 1. The first kappa shape index (κ1) is 20.7. The second-order valence-electron chi connectivity index (χ2n) is 7.02. The van der Waals surface area contributed by atoms with Crippen molar-refractivity contribution in [2.75, 3.05) is 12.1 Å². The fraction of sp³-hybridized carbons (Fsp3) is 0.120. The van der Waals surface area contributed by atoms with E-state index in [4.69, 9.17) is 21.1 Å². The highest BCUT2D eigenvalue weighted by Crippen LogP contribution is 2.31. The number of ether oxygens (including phenoxy) is 2. The summed E-state index contributed by atoms with van der Waals surface area (Å²) in [5.41, 5.74) is 3.66. The average molecular weight is 433 g/mol. The molecule has 0 bridgehead atoms. The smallest absolute Gasteiger partial charge is 0.280 e. The number of halogens is 1. The summed E-state index contributed by atoms with van der Waals surface area (Å²) in [6.45, 7) is 2.25. The molecule has 0 saturated carbocycles. The Morgan fingerprint density at radius 3 is 2.55 bits per heavy atom. The number of nitrogens with zero attached hydrogens (tertiary/aromatic N) is 2. The van der Waals surface area contributed by atoms with Crippen LogP contribution in [-0.4, -0.2) is 18.7 Å². The molecule has 0 atom stereocenters. The Morgan fingerprint density at radius 2 is 1.81 bits per heavy atom. The van der Waals surface area contributed by atoms with Crippen molar-refractivity contribution in [2.24, 2.45) is 5.10 Å². The van der Waals surface area contributed by atoms with Crippen LogP contribution in [0.3, 0.4) is 0 Å². The Labute approximate surface area is 186 Å². The molecule has 156 valence electrons. The summed E-state index contributed by atoms with van der Waals surface area (Å²) in [5.74, 6) is 1.03. The molecule has 31 heavy (non-hydrogen) atoms. The molecule has 1 aliphatic rings. The number of rotatable bonds is 6. The van der Waals surface area contributed by atoms with Gasteiger partial charge in [-0.3, -0.25) is 4.79 Å². The molecular weight excluding hydrogens is 412 g/mol. The minimum atomic E-state index is -0.205. The Hall–Kier alpha value is -3.57. The minimum absolute atomic E-state index is 0.205. The first-order valence-electron chi connectivity index (χ1n) is 9.77. The molecule has 4 rings (SSSR count). The molecule has 1 aliphatic heterocycles. The topological polar surface area (TPSA) is 51.1 Å². The van der Waals surface area contributed by atoms with Crippen molar-refractivity contribution in [3.8, 4) is 11.5 Å². The number of amides is 1. The molecule has 3 aromatic rings. The average Bonchev–Trinajstić information content (AvgIpc) is 3.07. The van der Waals surface area contributed by atoms with Crippen molar-refractivity contribution in [1.29, 1.82) is 0 Å². The van der Waals surface area contributed by atoms with Crippen LogP contribution in [0.2, 0.25) is 5.02 Å². The van der Waals surface area contributed by atoms with Crippen LogP contribution in [0.1, 0.15) is 18.1 Å². The number of benzene rings is 3. The van der Waals surface area contributed by atoms with Crippen molar-refractivity contribution >= 4 is 35.0 Å². The van der Waals surface area contributed by atoms with Crippen LogP contribution in [0, 0.1) is 0 Å². The number of hydrogen-bond donors (Lipinski definition) is 0. The summed E-state index contributed by atoms with van der Waals surface area (Å²) in [6.07, 6.45) is 1.80. The van der Waals surface area contributed by atoms with Gasteiger partial charge in [0.05, 0.1) is 24.1 Å².